The lowest BCUT2D eigenvalue weighted by Crippen LogP contribution is -2.40. The third-order valence-electron chi connectivity index (χ3n) is 5.92. The minimum atomic E-state index is -0.717. The van der Waals surface area contributed by atoms with Gasteiger partial charge in [-0.25, -0.2) is 0 Å². The SMILES string of the molecule is O=C1C(=O)N(C2CCCCC2)C(c2ccccc2)/C1=C(/O)c1ccc([N+](=O)[O-])cc1. The van der Waals surface area contributed by atoms with Crippen LogP contribution in [0.5, 0.6) is 0 Å². The molecule has 1 N–H and O–H groups in total. The first-order chi connectivity index (χ1) is 14.5. The molecule has 154 valence electrons. The molecule has 2 aliphatic rings. The maximum absolute atomic E-state index is 13.0. The van der Waals surface area contributed by atoms with Crippen molar-refractivity contribution in [2.75, 3.05) is 0 Å². The molecule has 2 aromatic rings. The Bertz CT molecular complexity index is 1010. The first kappa shape index (κ1) is 19.8. The van der Waals surface area contributed by atoms with Crippen molar-refractivity contribution in [1.82, 2.24) is 4.90 Å². The summed E-state index contributed by atoms with van der Waals surface area (Å²) in [6.45, 7) is 0. The fourth-order valence-electron chi connectivity index (χ4n) is 4.44. The minimum Gasteiger partial charge on any atom is -0.507 e. The van der Waals surface area contributed by atoms with Crippen molar-refractivity contribution in [2.45, 2.75) is 44.2 Å². The molecule has 1 amide bonds. The number of nitro groups is 1. The van der Waals surface area contributed by atoms with Crippen molar-refractivity contribution in [2.24, 2.45) is 0 Å². The maximum Gasteiger partial charge on any atom is 0.295 e. The van der Waals surface area contributed by atoms with Gasteiger partial charge in [-0.3, -0.25) is 19.7 Å². The van der Waals surface area contributed by atoms with E-state index in [-0.39, 0.29) is 28.6 Å². The molecule has 7 nitrogen and oxygen atoms in total. The Morgan fingerprint density at radius 3 is 2.20 bits per heavy atom. The van der Waals surface area contributed by atoms with E-state index < -0.39 is 22.7 Å². The molecular weight excluding hydrogens is 384 g/mol. The second kappa shape index (κ2) is 8.10. The predicted molar refractivity (Wildman–Crippen MR) is 111 cm³/mol. The lowest BCUT2D eigenvalue weighted by molar-refractivity contribution is -0.384. The van der Waals surface area contributed by atoms with E-state index in [1.54, 1.807) is 4.90 Å². The molecule has 0 aromatic heterocycles. The molecule has 1 heterocycles. The van der Waals surface area contributed by atoms with Crippen molar-refractivity contribution in [3.05, 3.63) is 81.4 Å². The van der Waals surface area contributed by atoms with Gasteiger partial charge in [0.15, 0.2) is 0 Å². The second-order valence-corrected chi connectivity index (χ2v) is 7.71. The largest absolute Gasteiger partial charge is 0.507 e. The summed E-state index contributed by atoms with van der Waals surface area (Å²) in [6.07, 6.45) is 4.76. The number of benzene rings is 2. The van der Waals surface area contributed by atoms with Crippen LogP contribution < -0.4 is 0 Å². The molecule has 1 saturated carbocycles. The van der Waals surface area contributed by atoms with Crippen LogP contribution in [-0.2, 0) is 9.59 Å². The molecule has 1 saturated heterocycles. The van der Waals surface area contributed by atoms with E-state index in [1.807, 2.05) is 30.3 Å². The maximum atomic E-state index is 13.0. The summed E-state index contributed by atoms with van der Waals surface area (Å²) in [5.74, 6) is -1.63. The van der Waals surface area contributed by atoms with Crippen LogP contribution in [0.15, 0.2) is 60.2 Å². The number of amides is 1. The normalized spacial score (nSPS) is 21.7. The van der Waals surface area contributed by atoms with Gasteiger partial charge in [-0.2, -0.15) is 0 Å². The number of nitrogens with zero attached hydrogens (tertiary/aromatic N) is 2. The first-order valence-corrected chi connectivity index (χ1v) is 10.1. The molecule has 0 bridgehead atoms. The van der Waals surface area contributed by atoms with Crippen LogP contribution in [0.1, 0.15) is 49.3 Å². The Labute approximate surface area is 173 Å². The number of aliphatic hydroxyl groups excluding tert-OH is 1. The van der Waals surface area contributed by atoms with Gasteiger partial charge in [0.2, 0.25) is 0 Å². The Kier molecular flexibility index (Phi) is 5.35. The van der Waals surface area contributed by atoms with Crippen LogP contribution in [0.3, 0.4) is 0 Å². The van der Waals surface area contributed by atoms with E-state index in [9.17, 15) is 24.8 Å². The van der Waals surface area contributed by atoms with Gasteiger partial charge in [0.05, 0.1) is 16.5 Å². The van der Waals surface area contributed by atoms with Crippen LogP contribution in [-0.4, -0.2) is 32.7 Å². The molecule has 1 aliphatic heterocycles. The van der Waals surface area contributed by atoms with Crippen LogP contribution in [0.2, 0.25) is 0 Å². The van der Waals surface area contributed by atoms with Crippen molar-refractivity contribution in [3.63, 3.8) is 0 Å². The number of ketones is 1. The highest BCUT2D eigenvalue weighted by atomic mass is 16.6. The zero-order valence-electron chi connectivity index (χ0n) is 16.4. The fourth-order valence-corrected chi connectivity index (χ4v) is 4.44. The van der Waals surface area contributed by atoms with Gasteiger partial charge in [0, 0.05) is 23.7 Å². The lowest BCUT2D eigenvalue weighted by atomic mass is 9.91. The molecule has 1 aliphatic carbocycles. The highest BCUT2D eigenvalue weighted by Gasteiger charge is 2.48. The van der Waals surface area contributed by atoms with Crippen LogP contribution in [0.25, 0.3) is 5.76 Å². The van der Waals surface area contributed by atoms with Gasteiger partial charge in [0.25, 0.3) is 17.4 Å². The molecule has 2 fully saturated rings. The molecule has 30 heavy (non-hydrogen) atoms. The summed E-state index contributed by atoms with van der Waals surface area (Å²) >= 11 is 0. The average molecular weight is 406 g/mol. The van der Waals surface area contributed by atoms with Crippen molar-refractivity contribution < 1.29 is 19.6 Å². The smallest absolute Gasteiger partial charge is 0.295 e. The first-order valence-electron chi connectivity index (χ1n) is 10.1. The number of hydrogen-bond donors (Lipinski definition) is 1. The summed E-state index contributed by atoms with van der Waals surface area (Å²) in [4.78, 5) is 38.0. The minimum absolute atomic E-state index is 0.0330. The van der Waals surface area contributed by atoms with Crippen LogP contribution >= 0.6 is 0 Å². The number of non-ortho nitro benzene ring substituents is 1. The van der Waals surface area contributed by atoms with E-state index in [1.165, 1.54) is 24.3 Å². The Morgan fingerprint density at radius 2 is 1.60 bits per heavy atom. The molecule has 7 heteroatoms. The second-order valence-electron chi connectivity index (χ2n) is 7.71. The van der Waals surface area contributed by atoms with Gasteiger partial charge in [-0.1, -0.05) is 49.6 Å². The number of hydrogen-bond acceptors (Lipinski definition) is 5. The Hall–Kier alpha value is -3.48. The number of nitro benzene ring substituents is 1. The van der Waals surface area contributed by atoms with Gasteiger partial charge in [0.1, 0.15) is 5.76 Å². The van der Waals surface area contributed by atoms with Gasteiger partial charge in [-0.05, 0) is 30.5 Å². The molecule has 1 atom stereocenters. The van der Waals surface area contributed by atoms with E-state index in [0.29, 0.717) is 0 Å². The average Bonchev–Trinajstić information content (AvgIpc) is 3.05. The summed E-state index contributed by atoms with van der Waals surface area (Å²) in [6, 6.07) is 13.8. The zero-order chi connectivity index (χ0) is 21.3. The predicted octanol–water partition coefficient (Wildman–Crippen LogP) is 4.35. The zero-order valence-corrected chi connectivity index (χ0v) is 16.4. The monoisotopic (exact) mass is 406 g/mol. The van der Waals surface area contributed by atoms with E-state index in [2.05, 4.69) is 0 Å². The molecular formula is C23H22N2O5. The summed E-state index contributed by atoms with van der Waals surface area (Å²) in [7, 11) is 0. The molecule has 4 rings (SSSR count). The number of carbonyl (C=O) groups is 2. The Morgan fingerprint density at radius 1 is 0.967 bits per heavy atom. The van der Waals surface area contributed by atoms with Crippen molar-refractivity contribution >= 4 is 23.1 Å². The number of likely N-dealkylation sites (tertiary alicyclic amines) is 1. The molecule has 0 radical (unpaired) electrons. The van der Waals surface area contributed by atoms with E-state index in [4.69, 9.17) is 0 Å². The number of aliphatic hydroxyl groups is 1. The highest BCUT2D eigenvalue weighted by molar-refractivity contribution is 6.46. The van der Waals surface area contributed by atoms with Crippen LogP contribution in [0, 0.1) is 10.1 Å². The quantitative estimate of drug-likeness (QED) is 0.267. The van der Waals surface area contributed by atoms with Gasteiger partial charge < -0.3 is 10.0 Å². The molecule has 1 unspecified atom stereocenters. The van der Waals surface area contributed by atoms with E-state index >= 15 is 0 Å². The highest BCUT2D eigenvalue weighted by Crippen LogP contribution is 2.43. The lowest BCUT2D eigenvalue weighted by Gasteiger charge is -2.35. The topological polar surface area (TPSA) is 101 Å². The van der Waals surface area contributed by atoms with Gasteiger partial charge >= 0.3 is 0 Å². The summed E-state index contributed by atoms with van der Waals surface area (Å²) in [5.41, 5.74) is 0.938. The third-order valence-corrected chi connectivity index (χ3v) is 5.92. The standard InChI is InChI=1S/C23H22N2O5/c26-21(16-11-13-18(14-12-16)25(29)30)19-20(15-7-3-1-4-8-15)24(23(28)22(19)27)17-9-5-2-6-10-17/h1,3-4,7-8,11-14,17,20,26H,2,5-6,9-10H2/b21-19-. The number of Topliss-reactive ketones (excluding diaryl/α,β-unsaturated/α-hetero) is 1. The number of rotatable bonds is 4. The molecule has 2 aromatic carbocycles. The van der Waals surface area contributed by atoms with Crippen LogP contribution in [0.4, 0.5) is 5.69 Å². The number of carbonyl (C=O) groups excluding carboxylic acids is 2. The summed E-state index contributed by atoms with van der Waals surface area (Å²) < 4.78 is 0. The van der Waals surface area contributed by atoms with Gasteiger partial charge in [-0.15, -0.1) is 0 Å². The molecule has 0 spiro atoms. The van der Waals surface area contributed by atoms with Crippen molar-refractivity contribution in [1.29, 1.82) is 0 Å². The van der Waals surface area contributed by atoms with E-state index in [0.717, 1.165) is 37.7 Å². The fraction of sp³-hybridized carbons (Fsp3) is 0.304. The Balaban J connectivity index is 1.83. The van der Waals surface area contributed by atoms with Crippen molar-refractivity contribution in [3.8, 4) is 0 Å². The third kappa shape index (κ3) is 3.47. The summed E-state index contributed by atoms with van der Waals surface area (Å²) in [5, 5.41) is 21.9.